The lowest BCUT2D eigenvalue weighted by atomic mass is 9.95. The van der Waals surface area contributed by atoms with Gasteiger partial charge >= 0.3 is 11.7 Å². The van der Waals surface area contributed by atoms with Crippen molar-refractivity contribution in [3.05, 3.63) is 27.9 Å². The molecule has 2 bridgehead atoms. The number of carboxylic acids is 1. The Morgan fingerprint density at radius 1 is 1.55 bits per heavy atom. The zero-order valence-electron chi connectivity index (χ0n) is 10.5. The van der Waals surface area contributed by atoms with Crippen molar-refractivity contribution in [3.63, 3.8) is 0 Å². The third-order valence-electron chi connectivity index (χ3n) is 3.74. The molecular weight excluding hydrogens is 266 g/mol. The number of hydrogen-bond donors (Lipinski definition) is 2. The Bertz CT molecular complexity index is 576. The maximum Gasteiger partial charge on any atom is 0.337 e. The van der Waals surface area contributed by atoms with E-state index in [-0.39, 0.29) is 35.3 Å². The van der Waals surface area contributed by atoms with E-state index in [1.165, 1.54) is 0 Å². The molecule has 8 heteroatoms. The van der Waals surface area contributed by atoms with Gasteiger partial charge in [0.05, 0.1) is 28.7 Å². The van der Waals surface area contributed by atoms with E-state index < -0.39 is 10.9 Å². The quantitative estimate of drug-likeness (QED) is 0.632. The fraction of sp³-hybridized carbons (Fsp3) is 0.500. The largest absolute Gasteiger partial charge is 0.478 e. The van der Waals surface area contributed by atoms with Gasteiger partial charge in [-0.15, -0.1) is 0 Å². The van der Waals surface area contributed by atoms with E-state index in [1.54, 1.807) is 0 Å². The Labute approximate surface area is 113 Å². The van der Waals surface area contributed by atoms with E-state index in [4.69, 9.17) is 9.84 Å². The summed E-state index contributed by atoms with van der Waals surface area (Å²) in [6.45, 7) is 0. The van der Waals surface area contributed by atoms with E-state index in [1.807, 2.05) is 0 Å². The third-order valence-corrected chi connectivity index (χ3v) is 3.74. The van der Waals surface area contributed by atoms with Crippen LogP contribution in [0.25, 0.3) is 0 Å². The molecule has 106 valence electrons. The van der Waals surface area contributed by atoms with E-state index in [0.717, 1.165) is 31.5 Å². The summed E-state index contributed by atoms with van der Waals surface area (Å²) < 4.78 is 5.67. The van der Waals surface area contributed by atoms with Crippen molar-refractivity contribution in [3.8, 4) is 0 Å². The monoisotopic (exact) mass is 279 g/mol. The molecule has 2 N–H and O–H groups in total. The highest BCUT2D eigenvalue weighted by molar-refractivity contribution is 5.88. The first-order chi connectivity index (χ1) is 9.54. The molecule has 2 fully saturated rings. The molecule has 0 saturated carbocycles. The number of aromatic nitrogens is 1. The molecule has 3 rings (SSSR count). The molecule has 2 saturated heterocycles. The van der Waals surface area contributed by atoms with E-state index >= 15 is 0 Å². The number of carbonyl (C=O) groups is 1. The summed E-state index contributed by atoms with van der Waals surface area (Å²) >= 11 is 0. The Morgan fingerprint density at radius 3 is 2.90 bits per heavy atom. The third kappa shape index (κ3) is 2.18. The van der Waals surface area contributed by atoms with Crippen LogP contribution in [0.2, 0.25) is 0 Å². The van der Waals surface area contributed by atoms with Crippen LogP contribution in [-0.2, 0) is 4.74 Å². The molecule has 20 heavy (non-hydrogen) atoms. The molecule has 1 aromatic rings. The minimum absolute atomic E-state index is 0.00405. The van der Waals surface area contributed by atoms with E-state index in [0.29, 0.717) is 0 Å². The molecule has 3 heterocycles. The van der Waals surface area contributed by atoms with Crippen molar-refractivity contribution in [2.75, 3.05) is 5.32 Å². The first-order valence-corrected chi connectivity index (χ1v) is 6.34. The smallest absolute Gasteiger partial charge is 0.337 e. The maximum atomic E-state index is 11.0. The average Bonchev–Trinajstić information content (AvgIpc) is 3.01. The highest BCUT2D eigenvalue weighted by atomic mass is 16.6. The predicted molar refractivity (Wildman–Crippen MR) is 67.8 cm³/mol. The highest BCUT2D eigenvalue weighted by Crippen LogP contribution is 2.37. The van der Waals surface area contributed by atoms with Crippen LogP contribution in [0.3, 0.4) is 0 Å². The van der Waals surface area contributed by atoms with Crippen LogP contribution in [0.5, 0.6) is 0 Å². The Balaban J connectivity index is 1.85. The van der Waals surface area contributed by atoms with Gasteiger partial charge in [-0.3, -0.25) is 10.1 Å². The van der Waals surface area contributed by atoms with Crippen LogP contribution in [-0.4, -0.2) is 39.2 Å². The van der Waals surface area contributed by atoms with Crippen molar-refractivity contribution in [2.24, 2.45) is 0 Å². The van der Waals surface area contributed by atoms with Gasteiger partial charge < -0.3 is 15.2 Å². The van der Waals surface area contributed by atoms with Crippen molar-refractivity contribution in [1.29, 1.82) is 0 Å². The van der Waals surface area contributed by atoms with Crippen molar-refractivity contribution in [1.82, 2.24) is 4.98 Å². The Hall–Kier alpha value is -2.22. The number of nitro groups is 1. The molecule has 8 nitrogen and oxygen atoms in total. The summed E-state index contributed by atoms with van der Waals surface area (Å²) in [5, 5.41) is 22.9. The first kappa shape index (κ1) is 12.8. The second-order valence-corrected chi connectivity index (χ2v) is 5.01. The Kier molecular flexibility index (Phi) is 3.01. The molecule has 3 atom stereocenters. The molecule has 0 spiro atoms. The summed E-state index contributed by atoms with van der Waals surface area (Å²) in [6, 6.07) is 1.02. The molecule has 3 unspecified atom stereocenters. The number of nitrogens with one attached hydrogen (secondary N) is 1. The first-order valence-electron chi connectivity index (χ1n) is 6.34. The van der Waals surface area contributed by atoms with Gasteiger partial charge in [-0.25, -0.2) is 9.78 Å². The lowest BCUT2D eigenvalue weighted by molar-refractivity contribution is -0.384. The summed E-state index contributed by atoms with van der Waals surface area (Å²) in [5.74, 6) is -1.14. The summed E-state index contributed by atoms with van der Waals surface area (Å²) in [4.78, 5) is 25.1. The van der Waals surface area contributed by atoms with Crippen molar-refractivity contribution in [2.45, 2.75) is 37.5 Å². The Morgan fingerprint density at radius 2 is 2.35 bits per heavy atom. The molecule has 2 aliphatic rings. The van der Waals surface area contributed by atoms with Gasteiger partial charge in [0.2, 0.25) is 5.82 Å². The lowest BCUT2D eigenvalue weighted by Gasteiger charge is -2.20. The van der Waals surface area contributed by atoms with Crippen molar-refractivity contribution >= 4 is 17.5 Å². The SMILES string of the molecule is O=C(O)c1cnc(NC2CC3CCC2O3)c([N+](=O)[O-])c1. The van der Waals surface area contributed by atoms with Crippen LogP contribution in [0.1, 0.15) is 29.6 Å². The topological polar surface area (TPSA) is 115 Å². The van der Waals surface area contributed by atoms with Gasteiger partial charge in [0.15, 0.2) is 0 Å². The van der Waals surface area contributed by atoms with E-state index in [2.05, 4.69) is 10.3 Å². The number of nitrogens with zero attached hydrogens (tertiary/aromatic N) is 2. The lowest BCUT2D eigenvalue weighted by Crippen LogP contribution is -2.31. The number of rotatable bonds is 4. The van der Waals surface area contributed by atoms with Crippen LogP contribution in [0.4, 0.5) is 11.5 Å². The molecule has 0 aromatic carbocycles. The number of fused-ring (bicyclic) bond motifs is 2. The van der Waals surface area contributed by atoms with Crippen molar-refractivity contribution < 1.29 is 19.6 Å². The molecule has 0 radical (unpaired) electrons. The fourth-order valence-electron chi connectivity index (χ4n) is 2.79. The zero-order chi connectivity index (χ0) is 14.3. The van der Waals surface area contributed by atoms with Crippen LogP contribution in [0.15, 0.2) is 12.3 Å². The zero-order valence-corrected chi connectivity index (χ0v) is 10.5. The molecule has 1 aromatic heterocycles. The molecule has 0 aliphatic carbocycles. The summed E-state index contributed by atoms with van der Waals surface area (Å²) in [5.41, 5.74) is -0.529. The number of ether oxygens (including phenoxy) is 1. The van der Waals surface area contributed by atoms with Gasteiger partial charge in [-0.2, -0.15) is 0 Å². The van der Waals surface area contributed by atoms with Gasteiger partial charge in [-0.05, 0) is 19.3 Å². The van der Waals surface area contributed by atoms with Crippen LogP contribution in [0, 0.1) is 10.1 Å². The fourth-order valence-corrected chi connectivity index (χ4v) is 2.79. The van der Waals surface area contributed by atoms with Crippen LogP contribution < -0.4 is 5.32 Å². The minimum Gasteiger partial charge on any atom is -0.478 e. The highest BCUT2D eigenvalue weighted by Gasteiger charge is 2.41. The predicted octanol–water partition coefficient (Wildman–Crippen LogP) is 1.42. The number of hydrogen-bond acceptors (Lipinski definition) is 6. The van der Waals surface area contributed by atoms with Gasteiger partial charge in [0.25, 0.3) is 0 Å². The second kappa shape index (κ2) is 4.71. The summed E-state index contributed by atoms with van der Waals surface area (Å²) in [7, 11) is 0. The molecule has 2 aliphatic heterocycles. The number of pyridine rings is 1. The van der Waals surface area contributed by atoms with Gasteiger partial charge in [-0.1, -0.05) is 0 Å². The normalized spacial score (nSPS) is 27.5. The molecular formula is C12H13N3O5. The number of anilines is 1. The average molecular weight is 279 g/mol. The number of carboxylic acid groups (broad SMARTS) is 1. The number of aromatic carboxylic acids is 1. The van der Waals surface area contributed by atoms with Gasteiger partial charge in [0.1, 0.15) is 0 Å². The van der Waals surface area contributed by atoms with Gasteiger partial charge in [0, 0.05) is 12.3 Å². The standard InChI is InChI=1S/C12H13N3O5/c16-12(17)6-3-9(15(18)19)11(13-5-6)14-8-4-7-1-2-10(8)20-7/h3,5,7-8,10H,1-2,4H2,(H,13,14)(H,16,17). The second-order valence-electron chi connectivity index (χ2n) is 5.01. The summed E-state index contributed by atoms with van der Waals surface area (Å²) in [6.07, 6.45) is 4.14. The maximum absolute atomic E-state index is 11.0. The van der Waals surface area contributed by atoms with E-state index in [9.17, 15) is 14.9 Å². The van der Waals surface area contributed by atoms with Crippen LogP contribution >= 0.6 is 0 Å². The minimum atomic E-state index is -1.24. The molecule has 0 amide bonds.